The van der Waals surface area contributed by atoms with Crippen LogP contribution in [0.25, 0.3) is 16.9 Å². The Balaban J connectivity index is 1.25. The molecule has 0 radical (unpaired) electrons. The van der Waals surface area contributed by atoms with Crippen molar-refractivity contribution in [3.63, 3.8) is 0 Å². The SMILES string of the molecule is Cc1c(-c2cc(O[C@H](C)c3ccccn3)n3c(C#N)cnc3c2)nnn1C1CN(C2CCN(C#N)CC2)C1. The number of aromatic nitrogens is 6. The normalized spacial score (nSPS) is 17.6. The van der Waals surface area contributed by atoms with Gasteiger partial charge in [0, 0.05) is 50.0 Å². The zero-order valence-electron chi connectivity index (χ0n) is 21.4. The highest BCUT2D eigenvalue weighted by Gasteiger charge is 2.36. The number of ether oxygens (including phenoxy) is 1. The van der Waals surface area contributed by atoms with Gasteiger partial charge in [0.1, 0.15) is 29.2 Å². The van der Waals surface area contributed by atoms with Crippen molar-refractivity contribution in [1.29, 1.82) is 10.5 Å². The fourth-order valence-corrected chi connectivity index (χ4v) is 5.46. The molecule has 0 bridgehead atoms. The summed E-state index contributed by atoms with van der Waals surface area (Å²) in [6, 6.07) is 12.5. The highest BCUT2D eigenvalue weighted by Crippen LogP contribution is 2.33. The molecule has 4 aromatic rings. The van der Waals surface area contributed by atoms with Crippen molar-refractivity contribution >= 4 is 5.65 Å². The Labute approximate surface area is 220 Å². The summed E-state index contributed by atoms with van der Waals surface area (Å²) in [5, 5.41) is 27.8. The van der Waals surface area contributed by atoms with Crippen LogP contribution >= 0.6 is 0 Å². The van der Waals surface area contributed by atoms with Crippen LogP contribution in [0.4, 0.5) is 0 Å². The number of rotatable bonds is 6. The number of piperidine rings is 1. The summed E-state index contributed by atoms with van der Waals surface area (Å²) in [4.78, 5) is 13.2. The lowest BCUT2D eigenvalue weighted by atomic mass is 9.97. The van der Waals surface area contributed by atoms with Gasteiger partial charge in [-0.25, -0.2) is 9.67 Å². The summed E-state index contributed by atoms with van der Waals surface area (Å²) in [5.74, 6) is 0.497. The van der Waals surface area contributed by atoms with E-state index in [-0.39, 0.29) is 12.1 Å². The molecule has 1 atom stereocenters. The monoisotopic (exact) mass is 508 g/mol. The lowest BCUT2D eigenvalue weighted by molar-refractivity contribution is 0.0265. The van der Waals surface area contributed by atoms with Crippen molar-refractivity contribution in [2.45, 2.75) is 44.9 Å². The van der Waals surface area contributed by atoms with Crippen LogP contribution in [-0.2, 0) is 0 Å². The summed E-state index contributed by atoms with van der Waals surface area (Å²) in [7, 11) is 0. The quantitative estimate of drug-likeness (QED) is 0.361. The van der Waals surface area contributed by atoms with E-state index in [1.165, 1.54) is 0 Å². The van der Waals surface area contributed by atoms with Crippen LogP contribution in [0.3, 0.4) is 0 Å². The minimum Gasteiger partial charge on any atom is -0.469 e. The number of hydrogen-bond acceptors (Lipinski definition) is 9. The molecule has 4 aromatic heterocycles. The van der Waals surface area contributed by atoms with Gasteiger partial charge in [-0.2, -0.15) is 10.5 Å². The van der Waals surface area contributed by atoms with E-state index < -0.39 is 0 Å². The molecule has 0 aromatic carbocycles. The van der Waals surface area contributed by atoms with Gasteiger partial charge in [0.25, 0.3) is 0 Å². The van der Waals surface area contributed by atoms with Crippen LogP contribution in [0, 0.1) is 29.7 Å². The summed E-state index contributed by atoms with van der Waals surface area (Å²) in [6.45, 7) is 7.50. The van der Waals surface area contributed by atoms with Gasteiger partial charge in [-0.3, -0.25) is 14.3 Å². The second kappa shape index (κ2) is 9.77. The zero-order chi connectivity index (χ0) is 26.2. The van der Waals surface area contributed by atoms with Gasteiger partial charge in [-0.15, -0.1) is 5.10 Å². The van der Waals surface area contributed by atoms with Crippen LogP contribution in [0.2, 0.25) is 0 Å². The average molecular weight is 509 g/mol. The van der Waals surface area contributed by atoms with Crippen LogP contribution in [0.15, 0.2) is 42.7 Å². The molecular formula is C27H28N10O. The van der Waals surface area contributed by atoms with Gasteiger partial charge in [0.2, 0.25) is 5.88 Å². The summed E-state index contributed by atoms with van der Waals surface area (Å²) < 4.78 is 10.1. The first-order chi connectivity index (χ1) is 18.6. The van der Waals surface area contributed by atoms with Crippen molar-refractivity contribution in [2.24, 2.45) is 0 Å². The lowest BCUT2D eigenvalue weighted by Gasteiger charge is -2.46. The largest absolute Gasteiger partial charge is 0.469 e. The topological polar surface area (TPSA) is 124 Å². The van der Waals surface area contributed by atoms with Crippen LogP contribution in [-0.4, -0.2) is 71.4 Å². The fraction of sp³-hybridized carbons (Fsp3) is 0.407. The molecule has 0 saturated carbocycles. The first kappa shape index (κ1) is 23.9. The maximum atomic E-state index is 9.64. The highest BCUT2D eigenvalue weighted by atomic mass is 16.5. The van der Waals surface area contributed by atoms with E-state index in [2.05, 4.69) is 37.4 Å². The molecule has 192 valence electrons. The molecule has 6 rings (SSSR count). The van der Waals surface area contributed by atoms with Crippen molar-refractivity contribution in [1.82, 2.24) is 39.2 Å². The number of nitriles is 2. The Kier molecular flexibility index (Phi) is 6.14. The first-order valence-corrected chi connectivity index (χ1v) is 12.9. The van der Waals surface area contributed by atoms with Gasteiger partial charge in [0.15, 0.2) is 6.19 Å². The van der Waals surface area contributed by atoms with Crippen molar-refractivity contribution in [2.75, 3.05) is 26.2 Å². The minimum atomic E-state index is -0.332. The third-order valence-electron chi connectivity index (χ3n) is 7.65. The maximum absolute atomic E-state index is 9.64. The van der Waals surface area contributed by atoms with Gasteiger partial charge in [0.05, 0.1) is 23.6 Å². The molecule has 11 heteroatoms. The molecule has 11 nitrogen and oxygen atoms in total. The Hall–Kier alpha value is -4.48. The van der Waals surface area contributed by atoms with Crippen molar-refractivity contribution in [3.05, 3.63) is 59.8 Å². The maximum Gasteiger partial charge on any atom is 0.201 e. The molecule has 0 spiro atoms. The smallest absolute Gasteiger partial charge is 0.201 e. The number of nitrogens with zero attached hydrogens (tertiary/aromatic N) is 10. The minimum absolute atomic E-state index is 0.269. The summed E-state index contributed by atoms with van der Waals surface area (Å²) in [6.07, 6.45) is 7.25. The van der Waals surface area contributed by atoms with Crippen molar-refractivity contribution < 1.29 is 4.74 Å². The van der Waals surface area contributed by atoms with Gasteiger partial charge in [-0.05, 0) is 44.9 Å². The Morgan fingerprint density at radius 1 is 1.08 bits per heavy atom. The molecule has 38 heavy (non-hydrogen) atoms. The summed E-state index contributed by atoms with van der Waals surface area (Å²) in [5.41, 5.74) is 4.37. The highest BCUT2D eigenvalue weighted by molar-refractivity contribution is 5.68. The molecule has 6 heterocycles. The van der Waals surface area contributed by atoms with E-state index in [0.29, 0.717) is 23.3 Å². The second-order valence-electron chi connectivity index (χ2n) is 9.94. The zero-order valence-corrected chi connectivity index (χ0v) is 21.4. The van der Waals surface area contributed by atoms with Crippen LogP contribution in [0.5, 0.6) is 5.88 Å². The molecule has 2 aliphatic rings. The number of imidazole rings is 1. The molecule has 2 fully saturated rings. The van der Waals surface area contributed by atoms with E-state index in [1.807, 2.05) is 53.8 Å². The molecule has 2 saturated heterocycles. The van der Waals surface area contributed by atoms with Gasteiger partial charge >= 0.3 is 0 Å². The molecule has 0 aliphatic carbocycles. The second-order valence-corrected chi connectivity index (χ2v) is 9.94. The molecule has 0 unspecified atom stereocenters. The number of pyridine rings is 2. The third kappa shape index (κ3) is 4.21. The summed E-state index contributed by atoms with van der Waals surface area (Å²) >= 11 is 0. The lowest BCUT2D eigenvalue weighted by Crippen LogP contribution is -2.55. The van der Waals surface area contributed by atoms with Crippen LogP contribution < -0.4 is 4.74 Å². The molecular weight excluding hydrogens is 480 g/mol. The Morgan fingerprint density at radius 3 is 2.61 bits per heavy atom. The third-order valence-corrected chi connectivity index (χ3v) is 7.65. The number of fused-ring (bicyclic) bond motifs is 1. The predicted molar refractivity (Wildman–Crippen MR) is 138 cm³/mol. The van der Waals surface area contributed by atoms with E-state index in [4.69, 9.17) is 10.00 Å². The van der Waals surface area contributed by atoms with Gasteiger partial charge in [-0.1, -0.05) is 11.3 Å². The Bertz CT molecular complexity index is 1530. The van der Waals surface area contributed by atoms with Crippen LogP contribution in [0.1, 0.15) is 49.0 Å². The Morgan fingerprint density at radius 2 is 1.89 bits per heavy atom. The molecule has 0 amide bonds. The number of likely N-dealkylation sites (tertiary alicyclic amines) is 2. The first-order valence-electron chi connectivity index (χ1n) is 12.9. The predicted octanol–water partition coefficient (Wildman–Crippen LogP) is 3.11. The standard InChI is InChI=1S/C27H28N10O/c1-18-27(32-33-37(18)23-15-35(16-23)21-6-9-34(17-29)10-7-21)20-11-25-31-14-22(13-28)36(25)26(12-20)38-19(2)24-5-3-4-8-30-24/h3-5,8,11-12,14,19,21,23H,6-7,9-10,15-16H2,1-2H3/t19-/m1/s1. The van der Waals surface area contributed by atoms with E-state index in [0.717, 1.165) is 61.7 Å². The molecule has 2 aliphatic heterocycles. The average Bonchev–Trinajstić information content (AvgIpc) is 3.52. The van der Waals surface area contributed by atoms with E-state index in [9.17, 15) is 5.26 Å². The van der Waals surface area contributed by atoms with E-state index in [1.54, 1.807) is 16.8 Å². The molecule has 0 N–H and O–H groups in total. The fourth-order valence-electron chi connectivity index (χ4n) is 5.46. The van der Waals surface area contributed by atoms with Gasteiger partial charge < -0.3 is 9.64 Å². The van der Waals surface area contributed by atoms with Crippen molar-refractivity contribution in [3.8, 4) is 29.4 Å². The van der Waals surface area contributed by atoms with E-state index >= 15 is 0 Å². The number of hydrogen-bond donors (Lipinski definition) is 0.